The van der Waals surface area contributed by atoms with Crippen molar-refractivity contribution in [1.82, 2.24) is 14.8 Å². The Morgan fingerprint density at radius 3 is 2.39 bits per heavy atom. The Kier molecular flexibility index (Phi) is 4.01. The number of hydrogen-bond acceptors (Lipinski definition) is 3. The van der Waals surface area contributed by atoms with Crippen molar-refractivity contribution in [3.63, 3.8) is 0 Å². The lowest BCUT2D eigenvalue weighted by molar-refractivity contribution is -0.00547. The average Bonchev–Trinajstić information content (AvgIpc) is 2.84. The number of aromatic nitrogens is 3. The lowest BCUT2D eigenvalue weighted by Crippen LogP contribution is -2.60. The Hall–Kier alpha value is 0.550. The zero-order valence-electron chi connectivity index (χ0n) is 9.03. The Balaban J connectivity index is 2.35. The molecular formula is C9H10Cl5N3O. The van der Waals surface area contributed by atoms with E-state index in [9.17, 15) is 5.11 Å². The van der Waals surface area contributed by atoms with Crippen molar-refractivity contribution >= 4 is 58.0 Å². The molecule has 9 heteroatoms. The second-order valence-corrected chi connectivity index (χ2v) is 7.55. The summed E-state index contributed by atoms with van der Waals surface area (Å²) in [5.74, 6) is 0. The second-order valence-electron chi connectivity index (χ2n) is 4.34. The summed E-state index contributed by atoms with van der Waals surface area (Å²) >= 11 is 30.1. The van der Waals surface area contributed by atoms with E-state index in [1.54, 1.807) is 0 Å². The Bertz CT molecular complexity index is 420. The lowest BCUT2D eigenvalue weighted by atomic mass is 9.92. The van der Waals surface area contributed by atoms with Gasteiger partial charge in [-0.05, 0) is 12.8 Å². The quantitative estimate of drug-likeness (QED) is 0.828. The summed E-state index contributed by atoms with van der Waals surface area (Å²) in [6.45, 7) is -0.0422. The average molecular weight is 353 g/mol. The predicted octanol–water partition coefficient (Wildman–Crippen LogP) is 2.76. The highest BCUT2D eigenvalue weighted by molar-refractivity contribution is 6.60. The number of halogens is 5. The van der Waals surface area contributed by atoms with Gasteiger partial charge in [-0.1, -0.05) is 23.2 Å². The molecule has 1 atom stereocenters. The summed E-state index contributed by atoms with van der Waals surface area (Å²) in [5.41, 5.74) is -1.72. The molecule has 1 N–H and O–H groups in total. The molecule has 0 spiro atoms. The van der Waals surface area contributed by atoms with Crippen molar-refractivity contribution in [2.75, 3.05) is 0 Å². The summed E-state index contributed by atoms with van der Waals surface area (Å²) in [6.07, 6.45) is 3.90. The van der Waals surface area contributed by atoms with Gasteiger partial charge in [-0.15, -0.1) is 34.8 Å². The van der Waals surface area contributed by atoms with E-state index in [1.807, 2.05) is 0 Å². The van der Waals surface area contributed by atoms with Crippen LogP contribution in [0.15, 0.2) is 12.7 Å². The van der Waals surface area contributed by atoms with Gasteiger partial charge in [0.1, 0.15) is 23.1 Å². The molecule has 1 heterocycles. The van der Waals surface area contributed by atoms with E-state index in [4.69, 9.17) is 58.0 Å². The van der Waals surface area contributed by atoms with Gasteiger partial charge in [0.05, 0.1) is 11.4 Å². The summed E-state index contributed by atoms with van der Waals surface area (Å²) in [7, 11) is 0. The highest BCUT2D eigenvalue weighted by Gasteiger charge is 2.68. The molecule has 1 aromatic rings. The summed E-state index contributed by atoms with van der Waals surface area (Å²) in [6, 6.07) is 0. The maximum atomic E-state index is 10.8. The molecule has 1 saturated carbocycles. The van der Waals surface area contributed by atoms with E-state index < -0.39 is 19.6 Å². The van der Waals surface area contributed by atoms with Gasteiger partial charge in [0.25, 0.3) is 0 Å². The van der Waals surface area contributed by atoms with Gasteiger partial charge in [-0.2, -0.15) is 5.10 Å². The monoisotopic (exact) mass is 351 g/mol. The van der Waals surface area contributed by atoms with E-state index in [2.05, 4.69) is 10.1 Å². The van der Waals surface area contributed by atoms with Gasteiger partial charge >= 0.3 is 0 Å². The van der Waals surface area contributed by atoms with Crippen LogP contribution < -0.4 is 0 Å². The Morgan fingerprint density at radius 1 is 1.39 bits per heavy atom. The van der Waals surface area contributed by atoms with Crippen molar-refractivity contribution in [2.45, 2.75) is 39.0 Å². The van der Waals surface area contributed by atoms with E-state index in [0.29, 0.717) is 12.8 Å². The SMILES string of the molecule is OC(Cn1cncn1)(C1(Cl)CC1)C(Cl)(Cl)C(Cl)Cl. The lowest BCUT2D eigenvalue weighted by Gasteiger charge is -2.42. The van der Waals surface area contributed by atoms with Crippen molar-refractivity contribution < 1.29 is 5.11 Å². The van der Waals surface area contributed by atoms with Crippen molar-refractivity contribution in [3.8, 4) is 0 Å². The van der Waals surface area contributed by atoms with Crippen LogP contribution in [0.1, 0.15) is 12.8 Å². The fourth-order valence-electron chi connectivity index (χ4n) is 1.80. The van der Waals surface area contributed by atoms with Gasteiger partial charge in [0, 0.05) is 0 Å². The smallest absolute Gasteiger partial charge is 0.180 e. The number of aliphatic hydroxyl groups is 1. The molecule has 0 saturated heterocycles. The van der Waals surface area contributed by atoms with Crippen LogP contribution in [0.2, 0.25) is 0 Å². The third-order valence-corrected chi connectivity index (χ3v) is 5.97. The van der Waals surface area contributed by atoms with Crippen LogP contribution in [0.25, 0.3) is 0 Å². The Morgan fingerprint density at radius 2 is 2.00 bits per heavy atom. The molecule has 0 aromatic carbocycles. The molecule has 102 valence electrons. The minimum Gasteiger partial charge on any atom is -0.383 e. The van der Waals surface area contributed by atoms with Crippen LogP contribution >= 0.6 is 58.0 Å². The van der Waals surface area contributed by atoms with E-state index >= 15 is 0 Å². The third kappa shape index (κ3) is 2.32. The van der Waals surface area contributed by atoms with Crippen molar-refractivity contribution in [2.24, 2.45) is 0 Å². The zero-order chi connectivity index (χ0) is 13.6. The molecule has 1 fully saturated rings. The number of alkyl halides is 5. The molecule has 2 rings (SSSR count). The highest BCUT2D eigenvalue weighted by atomic mass is 35.5. The summed E-state index contributed by atoms with van der Waals surface area (Å²) in [5, 5.41) is 14.7. The number of nitrogens with zero attached hydrogens (tertiary/aromatic N) is 3. The van der Waals surface area contributed by atoms with Crippen LogP contribution in [-0.4, -0.2) is 39.5 Å². The topological polar surface area (TPSA) is 50.9 Å². The summed E-state index contributed by atoms with van der Waals surface area (Å²) in [4.78, 5) is 1.62. The maximum Gasteiger partial charge on any atom is 0.180 e. The molecule has 1 aliphatic carbocycles. The highest BCUT2D eigenvalue weighted by Crippen LogP contribution is 2.60. The van der Waals surface area contributed by atoms with Gasteiger partial charge in [-0.3, -0.25) is 0 Å². The first-order chi connectivity index (χ1) is 8.23. The van der Waals surface area contributed by atoms with Crippen LogP contribution in [0.5, 0.6) is 0 Å². The molecule has 1 unspecified atom stereocenters. The van der Waals surface area contributed by atoms with Crippen LogP contribution in [-0.2, 0) is 6.54 Å². The maximum absolute atomic E-state index is 10.8. The van der Waals surface area contributed by atoms with Gasteiger partial charge in [0.2, 0.25) is 0 Å². The van der Waals surface area contributed by atoms with Crippen molar-refractivity contribution in [3.05, 3.63) is 12.7 Å². The number of rotatable bonds is 5. The molecule has 18 heavy (non-hydrogen) atoms. The normalized spacial score (nSPS) is 21.9. The molecule has 4 nitrogen and oxygen atoms in total. The molecule has 1 aliphatic rings. The second kappa shape index (κ2) is 4.83. The van der Waals surface area contributed by atoms with Crippen LogP contribution in [0.3, 0.4) is 0 Å². The van der Waals surface area contributed by atoms with Crippen LogP contribution in [0.4, 0.5) is 0 Å². The van der Waals surface area contributed by atoms with Gasteiger partial charge < -0.3 is 5.11 Å². The Labute approximate surface area is 129 Å². The fraction of sp³-hybridized carbons (Fsp3) is 0.778. The summed E-state index contributed by atoms with van der Waals surface area (Å²) < 4.78 is -0.432. The van der Waals surface area contributed by atoms with Gasteiger partial charge in [0.15, 0.2) is 4.33 Å². The van der Waals surface area contributed by atoms with Crippen molar-refractivity contribution in [1.29, 1.82) is 0 Å². The first-order valence-electron chi connectivity index (χ1n) is 5.13. The third-order valence-electron chi connectivity index (χ3n) is 3.11. The number of hydrogen-bond donors (Lipinski definition) is 1. The largest absolute Gasteiger partial charge is 0.383 e. The first kappa shape index (κ1) is 14.9. The molecule has 1 aromatic heterocycles. The fourth-order valence-corrected chi connectivity index (χ4v) is 3.04. The minimum absolute atomic E-state index is 0.0422. The zero-order valence-corrected chi connectivity index (χ0v) is 12.8. The first-order valence-corrected chi connectivity index (χ1v) is 7.13. The standard InChI is InChI=1S/C9H10Cl5N3O/c10-6(11)9(13,14)8(18,7(12)1-2-7)3-17-5-15-4-16-17/h4-6,18H,1-3H2. The van der Waals surface area contributed by atoms with E-state index in [0.717, 1.165) is 0 Å². The van der Waals surface area contributed by atoms with E-state index in [1.165, 1.54) is 17.3 Å². The van der Waals surface area contributed by atoms with E-state index in [-0.39, 0.29) is 6.54 Å². The molecule has 0 amide bonds. The molecular weight excluding hydrogens is 343 g/mol. The molecule has 0 aliphatic heterocycles. The minimum atomic E-state index is -1.82. The predicted molar refractivity (Wildman–Crippen MR) is 72.7 cm³/mol. The van der Waals surface area contributed by atoms with Crippen LogP contribution in [0, 0.1) is 0 Å². The molecule has 0 radical (unpaired) electrons. The molecule has 0 bridgehead atoms. The van der Waals surface area contributed by atoms with Gasteiger partial charge in [-0.25, -0.2) is 9.67 Å².